The predicted molar refractivity (Wildman–Crippen MR) is 126 cm³/mol. The smallest absolute Gasteiger partial charge is 0.410 e. The van der Waals surface area contributed by atoms with E-state index in [1.165, 1.54) is 0 Å². The lowest BCUT2D eigenvalue weighted by atomic mass is 9.94. The Bertz CT molecular complexity index is 971. The molecule has 1 N–H and O–H groups in total. The van der Waals surface area contributed by atoms with Crippen LogP contribution in [0.5, 0.6) is 0 Å². The monoisotopic (exact) mass is 469 g/mol. The number of likely N-dealkylation sites (tertiary alicyclic amines) is 2. The first kappa shape index (κ1) is 24.2. The summed E-state index contributed by atoms with van der Waals surface area (Å²) in [6.45, 7) is 8.09. The fourth-order valence-electron chi connectivity index (χ4n) is 4.84. The lowest BCUT2D eigenvalue weighted by Crippen LogP contribution is -2.53. The number of hydrogen-bond acceptors (Lipinski definition) is 7. The molecule has 2 aliphatic heterocycles. The van der Waals surface area contributed by atoms with Gasteiger partial charge in [-0.2, -0.15) is 4.98 Å². The molecule has 1 aromatic carbocycles. The highest BCUT2D eigenvalue weighted by Crippen LogP contribution is 2.31. The number of rotatable bonds is 6. The number of piperidine rings is 1. The molecule has 0 saturated carbocycles. The van der Waals surface area contributed by atoms with Crippen LogP contribution in [0.25, 0.3) is 0 Å². The van der Waals surface area contributed by atoms with E-state index in [2.05, 4.69) is 20.4 Å². The van der Waals surface area contributed by atoms with Crippen LogP contribution >= 0.6 is 0 Å². The highest BCUT2D eigenvalue weighted by molar-refractivity contribution is 5.93. The molecular weight excluding hydrogens is 434 g/mol. The Kier molecular flexibility index (Phi) is 7.50. The van der Waals surface area contributed by atoms with Gasteiger partial charge in [-0.1, -0.05) is 29.8 Å². The second-order valence-corrected chi connectivity index (χ2v) is 10.1. The Morgan fingerprint density at radius 1 is 1.09 bits per heavy atom. The normalized spacial score (nSPS) is 21.4. The van der Waals surface area contributed by atoms with Gasteiger partial charge in [0, 0.05) is 18.2 Å². The van der Waals surface area contributed by atoms with Crippen LogP contribution in [0, 0.1) is 0 Å². The molecule has 2 amide bonds. The van der Waals surface area contributed by atoms with Crippen LogP contribution in [0.4, 0.5) is 4.79 Å². The lowest BCUT2D eigenvalue weighted by Gasteiger charge is -2.41. The van der Waals surface area contributed by atoms with E-state index in [0.29, 0.717) is 23.8 Å². The van der Waals surface area contributed by atoms with Crippen molar-refractivity contribution in [2.45, 2.75) is 83.6 Å². The van der Waals surface area contributed by atoms with E-state index < -0.39 is 5.60 Å². The van der Waals surface area contributed by atoms with Gasteiger partial charge in [0.25, 0.3) is 5.91 Å². The molecule has 2 aliphatic rings. The van der Waals surface area contributed by atoms with Gasteiger partial charge in [-0.15, -0.1) is 0 Å². The van der Waals surface area contributed by atoms with Crippen LogP contribution in [0.3, 0.4) is 0 Å². The van der Waals surface area contributed by atoms with Crippen molar-refractivity contribution in [3.05, 3.63) is 47.6 Å². The highest BCUT2D eigenvalue weighted by Gasteiger charge is 2.40. The Hall–Kier alpha value is -2.94. The second kappa shape index (κ2) is 10.5. The summed E-state index contributed by atoms with van der Waals surface area (Å²) in [5, 5.41) is 6.87. The van der Waals surface area contributed by atoms with E-state index in [1.54, 1.807) is 12.1 Å². The van der Waals surface area contributed by atoms with E-state index in [0.717, 1.165) is 45.2 Å². The Morgan fingerprint density at radius 2 is 1.85 bits per heavy atom. The number of nitrogens with one attached hydrogen (secondary N) is 1. The average Bonchev–Trinajstić information content (AvgIpc) is 3.47. The van der Waals surface area contributed by atoms with Crippen LogP contribution in [0.15, 0.2) is 34.9 Å². The molecular formula is C25H35N5O4. The molecule has 184 valence electrons. The van der Waals surface area contributed by atoms with E-state index in [1.807, 2.05) is 43.9 Å². The zero-order valence-corrected chi connectivity index (χ0v) is 20.3. The van der Waals surface area contributed by atoms with Crippen LogP contribution in [-0.2, 0) is 17.8 Å². The summed E-state index contributed by atoms with van der Waals surface area (Å²) >= 11 is 0. The summed E-state index contributed by atoms with van der Waals surface area (Å²) in [6, 6.07) is 9.40. The van der Waals surface area contributed by atoms with E-state index >= 15 is 0 Å². The first-order valence-electron chi connectivity index (χ1n) is 12.2. The molecule has 0 aliphatic carbocycles. The number of benzene rings is 1. The maximum absolute atomic E-state index is 12.8. The molecule has 2 atom stereocenters. The maximum Gasteiger partial charge on any atom is 0.410 e. The lowest BCUT2D eigenvalue weighted by molar-refractivity contribution is 0.00513. The van der Waals surface area contributed by atoms with Gasteiger partial charge in [0.15, 0.2) is 5.82 Å². The molecule has 9 nitrogen and oxygen atoms in total. The van der Waals surface area contributed by atoms with Gasteiger partial charge in [-0.3, -0.25) is 9.69 Å². The maximum atomic E-state index is 12.8. The molecule has 1 aromatic heterocycles. The highest BCUT2D eigenvalue weighted by atomic mass is 16.6. The zero-order valence-electron chi connectivity index (χ0n) is 20.3. The van der Waals surface area contributed by atoms with Crippen LogP contribution in [0.2, 0.25) is 0 Å². The van der Waals surface area contributed by atoms with E-state index in [4.69, 9.17) is 9.26 Å². The quantitative estimate of drug-likeness (QED) is 0.687. The topological polar surface area (TPSA) is 101 Å². The number of ether oxygens (including phenoxy) is 1. The van der Waals surface area contributed by atoms with Crippen LogP contribution in [-0.4, -0.2) is 62.7 Å². The van der Waals surface area contributed by atoms with Gasteiger partial charge in [-0.05, 0) is 65.1 Å². The minimum Gasteiger partial charge on any atom is -0.444 e. The molecule has 9 heteroatoms. The number of amides is 2. The SMILES string of the molecule is CC(C)(C)OC(=O)N1CCC[C@@H]1[C@@H]1CCCCN1Cc1nc(CNC(=O)c2ccccc2)no1. The molecule has 2 fully saturated rings. The fraction of sp³-hybridized carbons (Fsp3) is 0.600. The first-order chi connectivity index (χ1) is 16.3. The minimum absolute atomic E-state index is 0.128. The molecule has 2 aromatic rings. The number of carbonyl (C=O) groups is 2. The molecule has 0 radical (unpaired) electrons. The third-order valence-corrected chi connectivity index (χ3v) is 6.33. The van der Waals surface area contributed by atoms with Crippen molar-refractivity contribution in [3.63, 3.8) is 0 Å². The Balaban J connectivity index is 1.36. The molecule has 2 saturated heterocycles. The third kappa shape index (κ3) is 6.14. The number of nitrogens with zero attached hydrogens (tertiary/aromatic N) is 4. The average molecular weight is 470 g/mol. The number of carbonyl (C=O) groups excluding carboxylic acids is 2. The van der Waals surface area contributed by atoms with Crippen molar-refractivity contribution in [2.24, 2.45) is 0 Å². The summed E-state index contributed by atoms with van der Waals surface area (Å²) < 4.78 is 11.2. The molecule has 0 bridgehead atoms. The predicted octanol–water partition coefficient (Wildman–Crippen LogP) is 3.75. The third-order valence-electron chi connectivity index (χ3n) is 6.33. The molecule has 0 spiro atoms. The second-order valence-electron chi connectivity index (χ2n) is 10.1. The van der Waals surface area contributed by atoms with Crippen molar-refractivity contribution in [2.75, 3.05) is 13.1 Å². The Labute approximate surface area is 200 Å². The summed E-state index contributed by atoms with van der Waals surface area (Å²) in [7, 11) is 0. The van der Waals surface area contributed by atoms with Crippen molar-refractivity contribution >= 4 is 12.0 Å². The van der Waals surface area contributed by atoms with Gasteiger partial charge in [0.05, 0.1) is 19.1 Å². The Morgan fingerprint density at radius 3 is 2.62 bits per heavy atom. The molecule has 3 heterocycles. The van der Waals surface area contributed by atoms with Gasteiger partial charge < -0.3 is 19.5 Å². The van der Waals surface area contributed by atoms with Crippen LogP contribution in [0.1, 0.15) is 74.9 Å². The van der Waals surface area contributed by atoms with Gasteiger partial charge >= 0.3 is 6.09 Å². The fourth-order valence-corrected chi connectivity index (χ4v) is 4.84. The minimum atomic E-state index is -0.507. The first-order valence-corrected chi connectivity index (χ1v) is 12.2. The van der Waals surface area contributed by atoms with Crippen molar-refractivity contribution in [3.8, 4) is 0 Å². The standard InChI is InChI=1S/C25H35N5O4/c1-25(2,3)33-24(32)30-15-9-13-20(30)19-12-7-8-14-29(19)17-22-27-21(28-34-22)16-26-23(31)18-10-5-4-6-11-18/h4-6,10-11,19-20H,7-9,12-17H2,1-3H3,(H,26,31)/t19-,20+/m0/s1. The summed E-state index contributed by atoms with van der Waals surface area (Å²) in [4.78, 5) is 33.8. The van der Waals surface area contributed by atoms with E-state index in [-0.39, 0.29) is 30.6 Å². The number of aromatic nitrogens is 2. The van der Waals surface area contributed by atoms with E-state index in [9.17, 15) is 9.59 Å². The van der Waals surface area contributed by atoms with Gasteiger partial charge in [-0.25, -0.2) is 4.79 Å². The molecule has 34 heavy (non-hydrogen) atoms. The molecule has 0 unspecified atom stereocenters. The van der Waals surface area contributed by atoms with Crippen molar-refractivity contribution in [1.29, 1.82) is 0 Å². The summed E-state index contributed by atoms with van der Waals surface area (Å²) in [5.74, 6) is 0.799. The number of hydrogen-bond donors (Lipinski definition) is 1. The van der Waals surface area contributed by atoms with Crippen molar-refractivity contribution in [1.82, 2.24) is 25.3 Å². The van der Waals surface area contributed by atoms with Gasteiger partial charge in [0.2, 0.25) is 5.89 Å². The van der Waals surface area contributed by atoms with Gasteiger partial charge in [0.1, 0.15) is 5.60 Å². The summed E-state index contributed by atoms with van der Waals surface area (Å²) in [6.07, 6.45) is 5.00. The largest absolute Gasteiger partial charge is 0.444 e. The molecule has 4 rings (SSSR count). The zero-order chi connectivity index (χ0) is 24.1. The van der Waals surface area contributed by atoms with Crippen molar-refractivity contribution < 1.29 is 18.8 Å². The van der Waals surface area contributed by atoms with Crippen LogP contribution < -0.4 is 5.32 Å². The summed E-state index contributed by atoms with van der Waals surface area (Å²) in [5.41, 5.74) is 0.0838.